The van der Waals surface area contributed by atoms with Gasteiger partial charge in [0.05, 0.1) is 11.8 Å². The minimum absolute atomic E-state index is 0.261. The van der Waals surface area contributed by atoms with Crippen molar-refractivity contribution in [3.05, 3.63) is 41.6 Å². The van der Waals surface area contributed by atoms with E-state index in [1.54, 1.807) is 11.7 Å². The van der Waals surface area contributed by atoms with Gasteiger partial charge in [-0.2, -0.15) is 0 Å². The van der Waals surface area contributed by atoms with E-state index in [0.29, 0.717) is 18.3 Å². The summed E-state index contributed by atoms with van der Waals surface area (Å²) in [6.07, 6.45) is 1.67. The van der Waals surface area contributed by atoms with E-state index in [-0.39, 0.29) is 6.03 Å². The molecule has 1 fully saturated rings. The lowest BCUT2D eigenvalue weighted by atomic mass is 10.2. The van der Waals surface area contributed by atoms with Gasteiger partial charge in [0, 0.05) is 25.4 Å². The first-order chi connectivity index (χ1) is 11.4. The zero-order valence-electron chi connectivity index (χ0n) is 14.4. The standard InChI is InChI=1S/C18H24N4O2/c1-12-4-8-15(9-5-12)22-13(2)10-17(20-22)19-18(24)21(3)11-16(23)14-6-7-14/h4-5,8-10,14,16,23H,6-7,11H2,1-3H3,(H,19,20,24). The van der Waals surface area contributed by atoms with E-state index in [9.17, 15) is 9.90 Å². The lowest BCUT2D eigenvalue weighted by Gasteiger charge is -2.20. The molecule has 2 aromatic rings. The number of urea groups is 1. The number of amides is 2. The van der Waals surface area contributed by atoms with Crippen molar-refractivity contribution in [2.45, 2.75) is 32.8 Å². The fourth-order valence-electron chi connectivity index (χ4n) is 2.68. The summed E-state index contributed by atoms with van der Waals surface area (Å²) < 4.78 is 1.80. The molecular formula is C18H24N4O2. The number of aryl methyl sites for hydroxylation is 2. The highest BCUT2D eigenvalue weighted by molar-refractivity contribution is 5.88. The van der Waals surface area contributed by atoms with Crippen LogP contribution in [-0.4, -0.2) is 45.5 Å². The number of aliphatic hydroxyl groups is 1. The molecule has 2 N–H and O–H groups in total. The van der Waals surface area contributed by atoms with Gasteiger partial charge >= 0.3 is 6.03 Å². The van der Waals surface area contributed by atoms with Crippen molar-refractivity contribution in [2.24, 2.45) is 5.92 Å². The number of aliphatic hydroxyl groups excluding tert-OH is 1. The van der Waals surface area contributed by atoms with E-state index in [1.165, 1.54) is 10.5 Å². The Morgan fingerprint density at radius 2 is 2.04 bits per heavy atom. The second kappa shape index (κ2) is 6.65. The van der Waals surface area contributed by atoms with Gasteiger partial charge in [-0.15, -0.1) is 5.10 Å². The van der Waals surface area contributed by atoms with Crippen LogP contribution in [0.3, 0.4) is 0 Å². The highest BCUT2D eigenvalue weighted by atomic mass is 16.3. The Labute approximate surface area is 142 Å². The molecule has 1 saturated carbocycles. The molecule has 24 heavy (non-hydrogen) atoms. The molecule has 1 aromatic carbocycles. The predicted octanol–water partition coefficient (Wildman–Crippen LogP) is 2.72. The zero-order chi connectivity index (χ0) is 17.3. The van der Waals surface area contributed by atoms with Crippen LogP contribution >= 0.6 is 0 Å². The Hall–Kier alpha value is -2.34. The Morgan fingerprint density at radius 1 is 1.38 bits per heavy atom. The molecule has 0 spiro atoms. The molecule has 0 bridgehead atoms. The summed E-state index contributed by atoms with van der Waals surface area (Å²) in [5, 5.41) is 17.2. The molecule has 2 amide bonds. The second-order valence-electron chi connectivity index (χ2n) is 6.63. The van der Waals surface area contributed by atoms with E-state index in [1.807, 2.05) is 44.2 Å². The first-order valence-electron chi connectivity index (χ1n) is 8.28. The molecule has 6 heteroatoms. The third kappa shape index (κ3) is 3.76. The van der Waals surface area contributed by atoms with Gasteiger partial charge in [0.25, 0.3) is 0 Å². The third-order valence-corrected chi connectivity index (χ3v) is 4.37. The number of hydrogen-bond donors (Lipinski definition) is 2. The van der Waals surface area contributed by atoms with Gasteiger partial charge in [-0.25, -0.2) is 9.48 Å². The summed E-state index contributed by atoms with van der Waals surface area (Å²) in [5.74, 6) is 0.856. The maximum absolute atomic E-state index is 12.2. The normalized spacial score (nSPS) is 15.2. The van der Waals surface area contributed by atoms with Crippen LogP contribution in [0.1, 0.15) is 24.1 Å². The average Bonchev–Trinajstić information content (AvgIpc) is 3.32. The van der Waals surface area contributed by atoms with Crippen LogP contribution in [0.25, 0.3) is 5.69 Å². The Bertz CT molecular complexity index is 719. The number of benzene rings is 1. The molecule has 1 atom stereocenters. The van der Waals surface area contributed by atoms with Crippen molar-refractivity contribution in [3.63, 3.8) is 0 Å². The van der Waals surface area contributed by atoms with Crippen molar-refractivity contribution >= 4 is 11.8 Å². The van der Waals surface area contributed by atoms with Crippen LogP contribution in [0.4, 0.5) is 10.6 Å². The zero-order valence-corrected chi connectivity index (χ0v) is 14.4. The lowest BCUT2D eigenvalue weighted by Crippen LogP contribution is -2.38. The van der Waals surface area contributed by atoms with Gasteiger partial charge in [-0.1, -0.05) is 17.7 Å². The van der Waals surface area contributed by atoms with Crippen LogP contribution in [0.15, 0.2) is 30.3 Å². The minimum Gasteiger partial charge on any atom is -0.391 e. The monoisotopic (exact) mass is 328 g/mol. The molecular weight excluding hydrogens is 304 g/mol. The first kappa shape index (κ1) is 16.5. The van der Waals surface area contributed by atoms with Gasteiger partial charge < -0.3 is 10.0 Å². The molecule has 1 aliphatic rings. The number of rotatable bonds is 5. The maximum Gasteiger partial charge on any atom is 0.322 e. The molecule has 1 unspecified atom stereocenters. The molecule has 3 rings (SSSR count). The molecule has 128 valence electrons. The molecule has 0 radical (unpaired) electrons. The number of aromatic nitrogens is 2. The van der Waals surface area contributed by atoms with Crippen molar-refractivity contribution < 1.29 is 9.90 Å². The predicted molar refractivity (Wildman–Crippen MR) is 93.4 cm³/mol. The Balaban J connectivity index is 1.65. The van der Waals surface area contributed by atoms with Crippen LogP contribution in [0.2, 0.25) is 0 Å². The summed E-state index contributed by atoms with van der Waals surface area (Å²) in [4.78, 5) is 13.8. The highest BCUT2D eigenvalue weighted by Crippen LogP contribution is 2.32. The number of likely N-dealkylation sites (N-methyl/N-ethyl adjacent to an activating group) is 1. The van der Waals surface area contributed by atoms with E-state index >= 15 is 0 Å². The van der Waals surface area contributed by atoms with Crippen LogP contribution in [0.5, 0.6) is 0 Å². The second-order valence-corrected chi connectivity index (χ2v) is 6.63. The molecule has 1 aliphatic carbocycles. The van der Waals surface area contributed by atoms with Crippen molar-refractivity contribution in [2.75, 3.05) is 18.9 Å². The molecule has 0 saturated heterocycles. The third-order valence-electron chi connectivity index (χ3n) is 4.37. The number of carbonyl (C=O) groups is 1. The van der Waals surface area contributed by atoms with Crippen molar-refractivity contribution in [1.82, 2.24) is 14.7 Å². The highest BCUT2D eigenvalue weighted by Gasteiger charge is 2.31. The Kier molecular flexibility index (Phi) is 4.57. The largest absolute Gasteiger partial charge is 0.391 e. The van der Waals surface area contributed by atoms with Gasteiger partial charge in [-0.05, 0) is 44.7 Å². The number of anilines is 1. The fourth-order valence-corrected chi connectivity index (χ4v) is 2.68. The number of hydrogen-bond acceptors (Lipinski definition) is 3. The summed E-state index contributed by atoms with van der Waals surface area (Å²) in [5.41, 5.74) is 3.08. The van der Waals surface area contributed by atoms with Crippen molar-refractivity contribution in [1.29, 1.82) is 0 Å². The number of carbonyl (C=O) groups excluding carboxylic acids is 1. The summed E-state index contributed by atoms with van der Waals surface area (Å²) >= 11 is 0. The molecule has 6 nitrogen and oxygen atoms in total. The summed E-state index contributed by atoms with van der Waals surface area (Å²) in [6, 6.07) is 9.63. The number of nitrogens with zero attached hydrogens (tertiary/aromatic N) is 3. The fraction of sp³-hybridized carbons (Fsp3) is 0.444. The van der Waals surface area contributed by atoms with Gasteiger partial charge in [0.1, 0.15) is 0 Å². The molecule has 1 aromatic heterocycles. The van der Waals surface area contributed by atoms with Crippen LogP contribution in [-0.2, 0) is 0 Å². The average molecular weight is 328 g/mol. The Morgan fingerprint density at radius 3 is 2.67 bits per heavy atom. The topological polar surface area (TPSA) is 70.4 Å². The number of nitrogens with one attached hydrogen (secondary N) is 1. The molecule has 1 heterocycles. The smallest absolute Gasteiger partial charge is 0.322 e. The van der Waals surface area contributed by atoms with Gasteiger partial charge in [0.15, 0.2) is 5.82 Å². The first-order valence-corrected chi connectivity index (χ1v) is 8.28. The summed E-state index contributed by atoms with van der Waals surface area (Å²) in [6.45, 7) is 4.33. The van der Waals surface area contributed by atoms with Crippen LogP contribution in [0, 0.1) is 19.8 Å². The minimum atomic E-state index is -0.437. The van der Waals surface area contributed by atoms with E-state index in [0.717, 1.165) is 24.2 Å². The maximum atomic E-state index is 12.2. The lowest BCUT2D eigenvalue weighted by molar-refractivity contribution is 0.117. The SMILES string of the molecule is Cc1ccc(-n2nc(NC(=O)N(C)CC(O)C3CC3)cc2C)cc1. The quantitative estimate of drug-likeness (QED) is 0.886. The van der Waals surface area contributed by atoms with Crippen molar-refractivity contribution in [3.8, 4) is 5.69 Å². The van der Waals surface area contributed by atoms with E-state index < -0.39 is 6.10 Å². The van der Waals surface area contributed by atoms with Gasteiger partial charge in [0.2, 0.25) is 0 Å². The van der Waals surface area contributed by atoms with E-state index in [4.69, 9.17) is 0 Å². The van der Waals surface area contributed by atoms with Gasteiger partial charge in [-0.3, -0.25) is 5.32 Å². The van der Waals surface area contributed by atoms with Crippen LogP contribution < -0.4 is 5.32 Å². The summed E-state index contributed by atoms with van der Waals surface area (Å²) in [7, 11) is 1.69. The van der Waals surface area contributed by atoms with E-state index in [2.05, 4.69) is 10.4 Å². The molecule has 0 aliphatic heterocycles.